The van der Waals surface area contributed by atoms with Crippen LogP contribution >= 0.6 is 0 Å². The molecule has 0 radical (unpaired) electrons. The molecule has 0 saturated carbocycles. The Labute approximate surface area is 180 Å². The highest BCUT2D eigenvalue weighted by Crippen LogP contribution is 2.41. The van der Waals surface area contributed by atoms with E-state index in [1.807, 2.05) is 53.4 Å². The third-order valence-corrected chi connectivity index (χ3v) is 5.64. The Kier molecular flexibility index (Phi) is 5.53. The van der Waals surface area contributed by atoms with Crippen LogP contribution in [-0.2, 0) is 4.74 Å². The minimum absolute atomic E-state index is 0.00207. The first-order valence-corrected chi connectivity index (χ1v) is 10.0. The van der Waals surface area contributed by atoms with Crippen LogP contribution < -0.4 is 5.73 Å². The topological polar surface area (TPSA) is 116 Å². The maximum Gasteiger partial charge on any atom is 0.165 e. The van der Waals surface area contributed by atoms with E-state index in [1.54, 1.807) is 12.1 Å². The zero-order valence-electron chi connectivity index (χ0n) is 16.9. The number of rotatable bonds is 4. The number of aliphatic imine (C=N–C) groups is 1. The van der Waals surface area contributed by atoms with Crippen LogP contribution in [0, 0.1) is 28.1 Å². The predicted molar refractivity (Wildman–Crippen MR) is 116 cm³/mol. The maximum absolute atomic E-state index is 13.2. The van der Waals surface area contributed by atoms with Gasteiger partial charge in [-0.15, -0.1) is 0 Å². The molecule has 31 heavy (non-hydrogen) atoms. The average molecular weight is 411 g/mol. The van der Waals surface area contributed by atoms with Gasteiger partial charge in [0.05, 0.1) is 19.3 Å². The number of Topliss-reactive ketones (excluding diaryl/α,β-unsaturated/α-hetero) is 1. The molecule has 1 atom stereocenters. The molecule has 0 aliphatic carbocycles. The first-order chi connectivity index (χ1) is 15.1. The van der Waals surface area contributed by atoms with Gasteiger partial charge in [-0.05, 0) is 11.1 Å². The number of carbonyl (C=O) groups is 1. The number of amidine groups is 1. The van der Waals surface area contributed by atoms with Crippen LogP contribution in [0.25, 0.3) is 11.1 Å². The van der Waals surface area contributed by atoms with Crippen molar-refractivity contribution in [3.05, 3.63) is 71.6 Å². The number of benzene rings is 2. The standard InChI is InChI=1S/C24H21N5O2/c25-15-20-22(27)28-23(29-10-12-31-13-11-29)24(20,16-26)14-21(30)19-8-6-18(7-9-19)17-4-2-1-3-5-17/h1-9H,10-14,27H2. The number of nitrogens with two attached hydrogens (primary N) is 1. The van der Waals surface area contributed by atoms with Gasteiger partial charge in [0, 0.05) is 25.1 Å². The third-order valence-electron chi connectivity index (χ3n) is 5.64. The lowest BCUT2D eigenvalue weighted by Gasteiger charge is -2.35. The summed E-state index contributed by atoms with van der Waals surface area (Å²) in [5, 5.41) is 19.8. The van der Waals surface area contributed by atoms with Crippen molar-refractivity contribution in [3.8, 4) is 23.3 Å². The minimum Gasteiger partial charge on any atom is -0.383 e. The maximum atomic E-state index is 13.2. The van der Waals surface area contributed by atoms with E-state index in [4.69, 9.17) is 10.5 Å². The van der Waals surface area contributed by atoms with E-state index in [-0.39, 0.29) is 23.6 Å². The van der Waals surface area contributed by atoms with Crippen LogP contribution in [-0.4, -0.2) is 42.8 Å². The zero-order chi connectivity index (χ0) is 21.8. The lowest BCUT2D eigenvalue weighted by atomic mass is 9.76. The molecule has 0 amide bonds. The first kappa shape index (κ1) is 20.3. The Balaban J connectivity index is 1.63. The summed E-state index contributed by atoms with van der Waals surface area (Å²) >= 11 is 0. The Morgan fingerprint density at radius 3 is 2.32 bits per heavy atom. The van der Waals surface area contributed by atoms with Gasteiger partial charge in [0.2, 0.25) is 0 Å². The van der Waals surface area contributed by atoms with Crippen molar-refractivity contribution in [2.24, 2.45) is 16.1 Å². The molecule has 2 aliphatic heterocycles. The number of nitriles is 2. The first-order valence-electron chi connectivity index (χ1n) is 10.0. The molecule has 1 unspecified atom stereocenters. The Morgan fingerprint density at radius 1 is 1.06 bits per heavy atom. The van der Waals surface area contributed by atoms with Crippen LogP contribution in [0.3, 0.4) is 0 Å². The largest absolute Gasteiger partial charge is 0.383 e. The van der Waals surface area contributed by atoms with E-state index < -0.39 is 5.41 Å². The second kappa shape index (κ2) is 8.43. The van der Waals surface area contributed by atoms with E-state index in [0.717, 1.165) is 11.1 Å². The summed E-state index contributed by atoms with van der Waals surface area (Å²) in [7, 11) is 0. The summed E-state index contributed by atoms with van der Waals surface area (Å²) in [5.41, 5.74) is 7.04. The van der Waals surface area contributed by atoms with Gasteiger partial charge >= 0.3 is 0 Å². The fourth-order valence-electron chi connectivity index (χ4n) is 4.00. The zero-order valence-corrected chi connectivity index (χ0v) is 16.9. The van der Waals surface area contributed by atoms with E-state index >= 15 is 0 Å². The van der Waals surface area contributed by atoms with Crippen LogP contribution in [0.5, 0.6) is 0 Å². The molecular weight excluding hydrogens is 390 g/mol. The van der Waals surface area contributed by atoms with E-state index in [9.17, 15) is 15.3 Å². The Bertz CT molecular complexity index is 1130. The Hall–Kier alpha value is -3.94. The highest BCUT2D eigenvalue weighted by molar-refractivity contribution is 6.06. The molecule has 0 bridgehead atoms. The molecule has 4 rings (SSSR count). The lowest BCUT2D eigenvalue weighted by Crippen LogP contribution is -2.48. The normalized spacial score (nSPS) is 20.7. The number of ether oxygens (including phenoxy) is 1. The van der Waals surface area contributed by atoms with E-state index in [0.29, 0.717) is 37.7 Å². The summed E-state index contributed by atoms with van der Waals surface area (Å²) in [4.78, 5) is 19.4. The number of hydrogen-bond donors (Lipinski definition) is 1. The second-order valence-electron chi connectivity index (χ2n) is 7.47. The van der Waals surface area contributed by atoms with Crippen molar-refractivity contribution in [1.29, 1.82) is 10.5 Å². The van der Waals surface area contributed by atoms with Crippen LogP contribution in [0.4, 0.5) is 0 Å². The average Bonchev–Trinajstić information content (AvgIpc) is 3.11. The van der Waals surface area contributed by atoms with Gasteiger partial charge in [-0.2, -0.15) is 10.5 Å². The van der Waals surface area contributed by atoms with Crippen molar-refractivity contribution in [1.82, 2.24) is 4.90 Å². The van der Waals surface area contributed by atoms with Gasteiger partial charge in [0.1, 0.15) is 23.3 Å². The summed E-state index contributed by atoms with van der Waals surface area (Å²) in [6, 6.07) is 21.3. The van der Waals surface area contributed by atoms with E-state index in [2.05, 4.69) is 11.1 Å². The molecule has 0 aromatic heterocycles. The molecular formula is C24H21N5O2. The molecule has 0 spiro atoms. The van der Waals surface area contributed by atoms with E-state index in [1.165, 1.54) is 0 Å². The molecule has 2 aliphatic rings. The number of nitrogens with zero attached hydrogens (tertiary/aromatic N) is 4. The number of ketones is 1. The van der Waals surface area contributed by atoms with Crippen LogP contribution in [0.1, 0.15) is 16.8 Å². The molecule has 2 aromatic rings. The molecule has 2 N–H and O–H groups in total. The predicted octanol–water partition coefficient (Wildman–Crippen LogP) is 2.87. The second-order valence-corrected chi connectivity index (χ2v) is 7.47. The fourth-order valence-corrected chi connectivity index (χ4v) is 4.00. The van der Waals surface area contributed by atoms with Crippen molar-refractivity contribution in [3.63, 3.8) is 0 Å². The van der Waals surface area contributed by atoms with Crippen molar-refractivity contribution >= 4 is 11.6 Å². The van der Waals surface area contributed by atoms with Gasteiger partial charge in [0.25, 0.3) is 0 Å². The SMILES string of the molecule is N#CC1=C(N)N=C(N2CCOCC2)C1(C#N)CC(=O)c1ccc(-c2ccccc2)cc1. The number of hydrogen-bond acceptors (Lipinski definition) is 7. The van der Waals surface area contributed by atoms with Crippen LogP contribution in [0.15, 0.2) is 71.0 Å². The molecule has 1 saturated heterocycles. The number of carbonyl (C=O) groups excluding carboxylic acids is 1. The van der Waals surface area contributed by atoms with Gasteiger partial charge < -0.3 is 15.4 Å². The third kappa shape index (κ3) is 3.68. The number of morpholine rings is 1. The fraction of sp³-hybridized carbons (Fsp3) is 0.250. The monoisotopic (exact) mass is 411 g/mol. The van der Waals surface area contributed by atoms with Crippen molar-refractivity contribution in [2.75, 3.05) is 26.3 Å². The van der Waals surface area contributed by atoms with Crippen molar-refractivity contribution < 1.29 is 9.53 Å². The van der Waals surface area contributed by atoms with Crippen molar-refractivity contribution in [2.45, 2.75) is 6.42 Å². The minimum atomic E-state index is -1.49. The quantitative estimate of drug-likeness (QED) is 0.774. The molecule has 1 fully saturated rings. The van der Waals surface area contributed by atoms with Gasteiger partial charge in [-0.3, -0.25) is 4.79 Å². The molecule has 154 valence electrons. The smallest absolute Gasteiger partial charge is 0.165 e. The summed E-state index contributed by atoms with van der Waals surface area (Å²) in [6.07, 6.45) is -0.200. The highest BCUT2D eigenvalue weighted by Gasteiger charge is 2.50. The van der Waals surface area contributed by atoms with Crippen LogP contribution in [0.2, 0.25) is 0 Å². The summed E-state index contributed by atoms with van der Waals surface area (Å²) in [5.74, 6) is 0.115. The van der Waals surface area contributed by atoms with Gasteiger partial charge in [-0.1, -0.05) is 54.6 Å². The lowest BCUT2D eigenvalue weighted by molar-refractivity contribution is 0.0652. The molecule has 7 nitrogen and oxygen atoms in total. The van der Waals surface area contributed by atoms with Gasteiger partial charge in [0.15, 0.2) is 11.2 Å². The highest BCUT2D eigenvalue weighted by atomic mass is 16.5. The molecule has 7 heteroatoms. The summed E-state index contributed by atoms with van der Waals surface area (Å²) < 4.78 is 5.38. The Morgan fingerprint density at radius 2 is 1.71 bits per heavy atom. The molecule has 2 heterocycles. The summed E-state index contributed by atoms with van der Waals surface area (Å²) in [6.45, 7) is 2.01. The molecule has 2 aromatic carbocycles. The van der Waals surface area contributed by atoms with Gasteiger partial charge in [-0.25, -0.2) is 4.99 Å².